The number of thiazole rings is 1. The Hall–Kier alpha value is -2.80. The lowest BCUT2D eigenvalue weighted by Crippen LogP contribution is -2.06. The topological polar surface area (TPSA) is 81.0 Å². The number of rotatable bonds is 6. The third kappa shape index (κ3) is 3.70. The van der Waals surface area contributed by atoms with Crippen LogP contribution in [0, 0.1) is 10.1 Å². The van der Waals surface area contributed by atoms with Gasteiger partial charge in [-0.2, -0.15) is 0 Å². The van der Waals surface area contributed by atoms with Gasteiger partial charge in [-0.05, 0) is 18.2 Å². The highest BCUT2D eigenvalue weighted by molar-refractivity contribution is 7.09. The van der Waals surface area contributed by atoms with Crippen molar-refractivity contribution >= 4 is 22.7 Å². The number of nitro groups is 1. The van der Waals surface area contributed by atoms with E-state index < -0.39 is 0 Å². The Labute approximate surface area is 137 Å². The summed E-state index contributed by atoms with van der Waals surface area (Å²) in [5.74, 6) is 0. The molecule has 0 aliphatic heterocycles. The molecule has 0 unspecified atom stereocenters. The maximum Gasteiger partial charge on any atom is 0.292 e. The number of hydrogen-bond donors (Lipinski definition) is 1. The van der Waals surface area contributed by atoms with Crippen LogP contribution >= 0.6 is 11.3 Å². The molecular weight excluding hydrogens is 312 g/mol. The predicted molar refractivity (Wildman–Crippen MR) is 90.6 cm³/mol. The zero-order valence-corrected chi connectivity index (χ0v) is 13.0. The van der Waals surface area contributed by atoms with E-state index in [-0.39, 0.29) is 10.6 Å². The number of pyridine rings is 1. The van der Waals surface area contributed by atoms with E-state index in [4.69, 9.17) is 0 Å². The van der Waals surface area contributed by atoms with Gasteiger partial charge < -0.3 is 5.32 Å². The molecule has 1 N–H and O–H groups in total. The van der Waals surface area contributed by atoms with E-state index in [1.165, 1.54) is 6.07 Å². The van der Waals surface area contributed by atoms with Crippen LogP contribution in [0.15, 0.2) is 54.2 Å². The van der Waals surface area contributed by atoms with Gasteiger partial charge in [0.1, 0.15) is 5.69 Å². The SMILES string of the molecule is O=[N+]([O-])c1ccccc1NCCc1nc(-c2ccncc2)cs1. The van der Waals surface area contributed by atoms with Crippen molar-refractivity contribution in [3.63, 3.8) is 0 Å². The number of para-hydroxylation sites is 2. The molecule has 0 bridgehead atoms. The first-order valence-corrected chi connectivity index (χ1v) is 7.94. The molecule has 0 fully saturated rings. The van der Waals surface area contributed by atoms with Crippen molar-refractivity contribution in [1.82, 2.24) is 9.97 Å². The Morgan fingerprint density at radius 3 is 2.74 bits per heavy atom. The Morgan fingerprint density at radius 2 is 1.96 bits per heavy atom. The molecule has 3 rings (SSSR count). The van der Waals surface area contributed by atoms with E-state index in [2.05, 4.69) is 15.3 Å². The van der Waals surface area contributed by atoms with Gasteiger partial charge >= 0.3 is 0 Å². The molecule has 3 aromatic rings. The van der Waals surface area contributed by atoms with Crippen LogP contribution in [0.1, 0.15) is 5.01 Å². The third-order valence-electron chi connectivity index (χ3n) is 3.28. The largest absolute Gasteiger partial charge is 0.379 e. The molecule has 0 aliphatic carbocycles. The van der Waals surface area contributed by atoms with Gasteiger partial charge in [-0.25, -0.2) is 4.98 Å². The molecule has 0 aliphatic rings. The van der Waals surface area contributed by atoms with Crippen LogP contribution in [-0.2, 0) is 6.42 Å². The highest BCUT2D eigenvalue weighted by atomic mass is 32.1. The van der Waals surface area contributed by atoms with Crippen LogP contribution in [0.25, 0.3) is 11.3 Å². The summed E-state index contributed by atoms with van der Waals surface area (Å²) in [7, 11) is 0. The molecule has 0 atom stereocenters. The number of nitrogens with one attached hydrogen (secondary N) is 1. The fraction of sp³-hybridized carbons (Fsp3) is 0.125. The van der Waals surface area contributed by atoms with Gasteiger partial charge in [-0.3, -0.25) is 15.1 Å². The minimum atomic E-state index is -0.382. The van der Waals surface area contributed by atoms with Gasteiger partial charge in [0.25, 0.3) is 5.69 Å². The van der Waals surface area contributed by atoms with Crippen LogP contribution in [0.2, 0.25) is 0 Å². The van der Waals surface area contributed by atoms with Gasteiger partial charge in [-0.1, -0.05) is 12.1 Å². The summed E-state index contributed by atoms with van der Waals surface area (Å²) in [6.45, 7) is 0.591. The van der Waals surface area contributed by atoms with Crippen LogP contribution < -0.4 is 5.32 Å². The first-order valence-electron chi connectivity index (χ1n) is 7.06. The molecule has 1 aromatic carbocycles. The zero-order chi connectivity index (χ0) is 16.1. The smallest absolute Gasteiger partial charge is 0.292 e. The second-order valence-electron chi connectivity index (χ2n) is 4.81. The highest BCUT2D eigenvalue weighted by Crippen LogP contribution is 2.24. The Kier molecular flexibility index (Phi) is 4.58. The van der Waals surface area contributed by atoms with Crippen LogP contribution in [0.4, 0.5) is 11.4 Å². The maximum atomic E-state index is 11.0. The molecule has 0 saturated carbocycles. The molecule has 0 radical (unpaired) electrons. The summed E-state index contributed by atoms with van der Waals surface area (Å²) < 4.78 is 0. The Balaban J connectivity index is 1.62. The van der Waals surface area contributed by atoms with E-state index in [0.29, 0.717) is 18.7 Å². The molecule has 2 aromatic heterocycles. The molecule has 0 saturated heterocycles. The molecular formula is C16H14N4O2S. The number of nitrogens with zero attached hydrogens (tertiary/aromatic N) is 3. The number of nitro benzene ring substituents is 1. The van der Waals surface area contributed by atoms with Crippen LogP contribution in [0.3, 0.4) is 0 Å². The van der Waals surface area contributed by atoms with E-state index >= 15 is 0 Å². The minimum Gasteiger partial charge on any atom is -0.379 e. The average Bonchev–Trinajstić information content (AvgIpc) is 3.05. The first kappa shape index (κ1) is 15.1. The van der Waals surface area contributed by atoms with Gasteiger partial charge in [-0.15, -0.1) is 11.3 Å². The number of anilines is 1. The fourth-order valence-corrected chi connectivity index (χ4v) is 2.97. The highest BCUT2D eigenvalue weighted by Gasteiger charge is 2.11. The van der Waals surface area contributed by atoms with Crippen molar-refractivity contribution in [3.05, 3.63) is 69.3 Å². The summed E-state index contributed by atoms with van der Waals surface area (Å²) in [4.78, 5) is 19.2. The zero-order valence-electron chi connectivity index (χ0n) is 12.2. The normalized spacial score (nSPS) is 10.4. The second-order valence-corrected chi connectivity index (χ2v) is 5.76. The van der Waals surface area contributed by atoms with Crippen molar-refractivity contribution in [2.75, 3.05) is 11.9 Å². The van der Waals surface area contributed by atoms with Crippen molar-refractivity contribution < 1.29 is 4.92 Å². The second kappa shape index (κ2) is 6.97. The van der Waals surface area contributed by atoms with Crippen molar-refractivity contribution in [1.29, 1.82) is 0 Å². The molecule has 0 spiro atoms. The number of aromatic nitrogens is 2. The van der Waals surface area contributed by atoms with E-state index in [1.54, 1.807) is 41.9 Å². The maximum absolute atomic E-state index is 11.0. The van der Waals surface area contributed by atoms with Gasteiger partial charge in [0.05, 0.1) is 15.6 Å². The average molecular weight is 326 g/mol. The lowest BCUT2D eigenvalue weighted by atomic mass is 10.2. The summed E-state index contributed by atoms with van der Waals surface area (Å²) in [5.41, 5.74) is 2.58. The molecule has 23 heavy (non-hydrogen) atoms. The standard InChI is InChI=1S/C16H14N4O2S/c21-20(22)15-4-2-1-3-13(15)18-10-7-16-19-14(11-23-16)12-5-8-17-9-6-12/h1-6,8-9,11,18H,7,10H2. The Bertz CT molecular complexity index is 805. The van der Waals surface area contributed by atoms with Gasteiger partial charge in [0.2, 0.25) is 0 Å². The lowest BCUT2D eigenvalue weighted by molar-refractivity contribution is -0.384. The number of hydrogen-bond acceptors (Lipinski definition) is 6. The van der Waals surface area contributed by atoms with Crippen LogP contribution in [-0.4, -0.2) is 21.4 Å². The van der Waals surface area contributed by atoms with E-state index in [1.807, 2.05) is 17.5 Å². The molecule has 2 heterocycles. The Morgan fingerprint density at radius 1 is 1.17 bits per heavy atom. The van der Waals surface area contributed by atoms with E-state index in [0.717, 1.165) is 16.3 Å². The first-order chi connectivity index (χ1) is 11.2. The van der Waals surface area contributed by atoms with Crippen molar-refractivity contribution in [2.45, 2.75) is 6.42 Å². The summed E-state index contributed by atoms with van der Waals surface area (Å²) >= 11 is 1.58. The van der Waals surface area contributed by atoms with Crippen LogP contribution in [0.5, 0.6) is 0 Å². The molecule has 0 amide bonds. The van der Waals surface area contributed by atoms with E-state index in [9.17, 15) is 10.1 Å². The predicted octanol–water partition coefficient (Wildman–Crippen LogP) is 3.77. The molecule has 7 heteroatoms. The summed E-state index contributed by atoms with van der Waals surface area (Å²) in [5, 5.41) is 17.1. The molecule has 6 nitrogen and oxygen atoms in total. The third-order valence-corrected chi connectivity index (χ3v) is 4.19. The quantitative estimate of drug-likeness (QED) is 0.551. The fourth-order valence-electron chi connectivity index (χ4n) is 2.17. The van der Waals surface area contributed by atoms with Gasteiger partial charge in [0, 0.05) is 42.4 Å². The summed E-state index contributed by atoms with van der Waals surface area (Å²) in [6.07, 6.45) is 4.19. The minimum absolute atomic E-state index is 0.0871. The van der Waals surface area contributed by atoms with Crippen molar-refractivity contribution in [3.8, 4) is 11.3 Å². The monoisotopic (exact) mass is 326 g/mol. The summed E-state index contributed by atoms with van der Waals surface area (Å²) in [6, 6.07) is 10.5. The lowest BCUT2D eigenvalue weighted by Gasteiger charge is -2.05. The van der Waals surface area contributed by atoms with Gasteiger partial charge in [0.15, 0.2) is 0 Å². The molecule has 116 valence electrons. The van der Waals surface area contributed by atoms with Crippen molar-refractivity contribution in [2.24, 2.45) is 0 Å². The number of benzene rings is 1.